The Kier molecular flexibility index (Phi) is 5.36. The molecule has 0 aromatic rings. The molecule has 0 aromatic heterocycles. The topological polar surface area (TPSA) is 47.6 Å². The maximum absolute atomic E-state index is 11.2. The number of carbonyl (C=O) groups is 1. The Hall–Kier alpha value is -0.870. The molecule has 0 saturated carbocycles. The van der Waals surface area contributed by atoms with Gasteiger partial charge in [0.15, 0.2) is 0 Å². The van der Waals surface area contributed by atoms with Gasteiger partial charge in [-0.1, -0.05) is 13.0 Å². The Balaban J connectivity index is 2.30. The highest BCUT2D eigenvalue weighted by Gasteiger charge is 2.14. The SMILES string of the molecule is CCC(=CCNC1CCOC1)C(=O)OC. The number of rotatable bonds is 5. The molecule has 4 heteroatoms. The predicted octanol–water partition coefficient (Wildman–Crippen LogP) is 0.874. The molecule has 1 atom stereocenters. The number of hydrogen-bond donors (Lipinski definition) is 1. The van der Waals surface area contributed by atoms with Gasteiger partial charge in [0, 0.05) is 24.8 Å². The molecule has 15 heavy (non-hydrogen) atoms. The lowest BCUT2D eigenvalue weighted by molar-refractivity contribution is -0.136. The Morgan fingerprint density at radius 1 is 1.67 bits per heavy atom. The van der Waals surface area contributed by atoms with E-state index in [-0.39, 0.29) is 5.97 Å². The Bertz CT molecular complexity index is 232. The molecule has 1 aliphatic rings. The van der Waals surface area contributed by atoms with E-state index in [0.717, 1.165) is 25.2 Å². The zero-order chi connectivity index (χ0) is 11.1. The van der Waals surface area contributed by atoms with Crippen LogP contribution in [0.15, 0.2) is 11.6 Å². The summed E-state index contributed by atoms with van der Waals surface area (Å²) < 4.78 is 9.90. The van der Waals surface area contributed by atoms with Crippen LogP contribution in [-0.2, 0) is 14.3 Å². The van der Waals surface area contributed by atoms with E-state index in [1.165, 1.54) is 7.11 Å². The van der Waals surface area contributed by atoms with Crippen molar-refractivity contribution in [2.75, 3.05) is 26.9 Å². The summed E-state index contributed by atoms with van der Waals surface area (Å²) in [5.41, 5.74) is 0.726. The van der Waals surface area contributed by atoms with Gasteiger partial charge in [-0.15, -0.1) is 0 Å². The van der Waals surface area contributed by atoms with Crippen LogP contribution in [0, 0.1) is 0 Å². The molecule has 1 unspecified atom stereocenters. The summed E-state index contributed by atoms with van der Waals surface area (Å²) in [4.78, 5) is 11.2. The number of hydrogen-bond acceptors (Lipinski definition) is 4. The molecule has 1 N–H and O–H groups in total. The van der Waals surface area contributed by atoms with Crippen LogP contribution in [0.3, 0.4) is 0 Å². The fourth-order valence-electron chi connectivity index (χ4n) is 1.55. The van der Waals surface area contributed by atoms with E-state index >= 15 is 0 Å². The standard InChI is InChI=1S/C11H19NO3/c1-3-9(11(13)14-2)4-6-12-10-5-7-15-8-10/h4,10,12H,3,5-8H2,1-2H3. The quantitative estimate of drug-likeness (QED) is 0.544. The largest absolute Gasteiger partial charge is 0.466 e. The van der Waals surface area contributed by atoms with Crippen LogP contribution in [0.5, 0.6) is 0 Å². The Morgan fingerprint density at radius 3 is 3.00 bits per heavy atom. The summed E-state index contributed by atoms with van der Waals surface area (Å²) in [6, 6.07) is 0.428. The van der Waals surface area contributed by atoms with Gasteiger partial charge in [-0.05, 0) is 12.8 Å². The van der Waals surface area contributed by atoms with Crippen molar-refractivity contribution in [1.29, 1.82) is 0 Å². The van der Waals surface area contributed by atoms with Crippen molar-refractivity contribution in [2.45, 2.75) is 25.8 Å². The average Bonchev–Trinajstić information content (AvgIpc) is 2.76. The minimum atomic E-state index is -0.234. The van der Waals surface area contributed by atoms with Crippen LogP contribution in [0.4, 0.5) is 0 Å². The summed E-state index contributed by atoms with van der Waals surface area (Å²) in [5, 5.41) is 3.32. The van der Waals surface area contributed by atoms with Crippen molar-refractivity contribution < 1.29 is 14.3 Å². The molecule has 86 valence electrons. The highest BCUT2D eigenvalue weighted by molar-refractivity contribution is 5.88. The van der Waals surface area contributed by atoms with Gasteiger partial charge in [0.25, 0.3) is 0 Å². The van der Waals surface area contributed by atoms with Gasteiger partial charge in [-0.3, -0.25) is 0 Å². The minimum absolute atomic E-state index is 0.234. The summed E-state index contributed by atoms with van der Waals surface area (Å²) in [7, 11) is 1.41. The monoisotopic (exact) mass is 213 g/mol. The molecule has 0 aromatic carbocycles. The van der Waals surface area contributed by atoms with Crippen molar-refractivity contribution in [3.63, 3.8) is 0 Å². The van der Waals surface area contributed by atoms with Crippen LogP contribution < -0.4 is 5.32 Å². The van der Waals surface area contributed by atoms with Crippen molar-refractivity contribution in [2.24, 2.45) is 0 Å². The second-order valence-electron chi connectivity index (χ2n) is 3.54. The van der Waals surface area contributed by atoms with E-state index in [1.54, 1.807) is 0 Å². The van der Waals surface area contributed by atoms with Crippen molar-refractivity contribution >= 4 is 5.97 Å². The molecule has 0 amide bonds. The van der Waals surface area contributed by atoms with Crippen molar-refractivity contribution in [3.8, 4) is 0 Å². The molecule has 0 radical (unpaired) electrons. The van der Waals surface area contributed by atoms with E-state index in [2.05, 4.69) is 10.1 Å². The van der Waals surface area contributed by atoms with Gasteiger partial charge in [-0.2, -0.15) is 0 Å². The van der Waals surface area contributed by atoms with Gasteiger partial charge in [0.05, 0.1) is 13.7 Å². The number of carbonyl (C=O) groups excluding carboxylic acids is 1. The summed E-state index contributed by atoms with van der Waals surface area (Å²) >= 11 is 0. The number of esters is 1. The highest BCUT2D eigenvalue weighted by Crippen LogP contribution is 2.05. The summed E-state index contributed by atoms with van der Waals surface area (Å²) in [5.74, 6) is -0.234. The van der Waals surface area contributed by atoms with E-state index in [1.807, 2.05) is 13.0 Å². The molecule has 1 aliphatic heterocycles. The van der Waals surface area contributed by atoms with Crippen molar-refractivity contribution in [3.05, 3.63) is 11.6 Å². The van der Waals surface area contributed by atoms with E-state index in [4.69, 9.17) is 4.74 Å². The second-order valence-corrected chi connectivity index (χ2v) is 3.54. The van der Waals surface area contributed by atoms with Gasteiger partial charge in [0.1, 0.15) is 0 Å². The smallest absolute Gasteiger partial charge is 0.333 e. The third-order valence-electron chi connectivity index (χ3n) is 2.51. The average molecular weight is 213 g/mol. The Labute approximate surface area is 90.6 Å². The lowest BCUT2D eigenvalue weighted by Crippen LogP contribution is -2.29. The first-order valence-corrected chi connectivity index (χ1v) is 5.36. The minimum Gasteiger partial charge on any atom is -0.466 e. The van der Waals surface area contributed by atoms with Gasteiger partial charge >= 0.3 is 5.97 Å². The number of ether oxygens (including phenoxy) is 2. The zero-order valence-corrected chi connectivity index (χ0v) is 9.41. The molecule has 0 bridgehead atoms. The lowest BCUT2D eigenvalue weighted by Gasteiger charge is -2.08. The maximum Gasteiger partial charge on any atom is 0.333 e. The first-order chi connectivity index (χ1) is 7.27. The molecule has 0 spiro atoms. The molecule has 1 saturated heterocycles. The van der Waals surface area contributed by atoms with Crippen molar-refractivity contribution in [1.82, 2.24) is 5.32 Å². The number of methoxy groups -OCH3 is 1. The normalized spacial score (nSPS) is 21.7. The molecule has 1 heterocycles. The van der Waals surface area contributed by atoms with Crippen LogP contribution >= 0.6 is 0 Å². The third-order valence-corrected chi connectivity index (χ3v) is 2.51. The van der Waals surface area contributed by atoms with Crippen LogP contribution in [0.2, 0.25) is 0 Å². The second kappa shape index (κ2) is 6.58. The van der Waals surface area contributed by atoms with E-state index < -0.39 is 0 Å². The fourth-order valence-corrected chi connectivity index (χ4v) is 1.55. The highest BCUT2D eigenvalue weighted by atomic mass is 16.5. The molecule has 1 rings (SSSR count). The van der Waals surface area contributed by atoms with Crippen LogP contribution in [-0.4, -0.2) is 38.9 Å². The number of nitrogens with one attached hydrogen (secondary N) is 1. The molecular weight excluding hydrogens is 194 g/mol. The summed E-state index contributed by atoms with van der Waals surface area (Å²) in [6.07, 6.45) is 3.65. The first kappa shape index (κ1) is 12.2. The fraction of sp³-hybridized carbons (Fsp3) is 0.727. The molecule has 4 nitrogen and oxygen atoms in total. The third kappa shape index (κ3) is 4.01. The lowest BCUT2D eigenvalue weighted by atomic mass is 10.2. The van der Waals surface area contributed by atoms with Gasteiger partial charge < -0.3 is 14.8 Å². The summed E-state index contributed by atoms with van der Waals surface area (Å²) in [6.45, 7) is 4.25. The predicted molar refractivity (Wildman–Crippen MR) is 57.6 cm³/mol. The maximum atomic E-state index is 11.2. The molecular formula is C11H19NO3. The van der Waals surface area contributed by atoms with E-state index in [9.17, 15) is 4.79 Å². The molecule has 0 aliphatic carbocycles. The van der Waals surface area contributed by atoms with E-state index in [0.29, 0.717) is 19.0 Å². The zero-order valence-electron chi connectivity index (χ0n) is 9.41. The van der Waals surface area contributed by atoms with Gasteiger partial charge in [0.2, 0.25) is 0 Å². The molecule has 1 fully saturated rings. The van der Waals surface area contributed by atoms with Gasteiger partial charge in [-0.25, -0.2) is 4.79 Å². The van der Waals surface area contributed by atoms with Crippen LogP contribution in [0.25, 0.3) is 0 Å². The first-order valence-electron chi connectivity index (χ1n) is 5.36. The Morgan fingerprint density at radius 2 is 2.47 bits per heavy atom. The van der Waals surface area contributed by atoms with Crippen LogP contribution in [0.1, 0.15) is 19.8 Å².